The summed E-state index contributed by atoms with van der Waals surface area (Å²) >= 11 is 6.08. The molecule has 15 nitrogen and oxygen atoms in total. The Morgan fingerprint density at radius 2 is 1.88 bits per heavy atom. The maximum Gasteiger partial charge on any atom is 0.453 e. The van der Waals surface area contributed by atoms with Gasteiger partial charge >= 0.3 is 15.7 Å². The molecule has 0 spiro atoms. The number of nitrogens with two attached hydrogens (primary N) is 1. The Labute approximate surface area is 230 Å². The van der Waals surface area contributed by atoms with Gasteiger partial charge in [-0.2, -0.15) is 22.0 Å². The summed E-state index contributed by atoms with van der Waals surface area (Å²) in [6.07, 6.45) is -3.32. The van der Waals surface area contributed by atoms with Crippen molar-refractivity contribution in [3.8, 4) is 11.5 Å². The van der Waals surface area contributed by atoms with Gasteiger partial charge in [0.05, 0.1) is 13.4 Å². The number of alkyl halides is 2. The number of benzene rings is 1. The van der Waals surface area contributed by atoms with Crippen molar-refractivity contribution in [2.75, 3.05) is 12.8 Å². The minimum absolute atomic E-state index is 0.104. The average Bonchev–Trinajstić information content (AvgIpc) is 3.48. The summed E-state index contributed by atoms with van der Waals surface area (Å²) in [6.45, 7) is 3.84. The van der Waals surface area contributed by atoms with Crippen LogP contribution in [-0.4, -0.2) is 69.7 Å². The number of halogens is 2. The summed E-state index contributed by atoms with van der Waals surface area (Å²) in [5.41, 5.74) is 1.79. The van der Waals surface area contributed by atoms with Crippen LogP contribution in [0.15, 0.2) is 35.4 Å². The number of carbonyl (C=O) groups excluding carboxylic acids is 1. The predicted octanol–water partition coefficient (Wildman–Crippen LogP) is 1.29. The molecule has 40 heavy (non-hydrogen) atoms. The number of H-pyrrole nitrogens is 1. The van der Waals surface area contributed by atoms with Crippen molar-refractivity contribution < 1.29 is 44.9 Å². The van der Waals surface area contributed by atoms with E-state index in [2.05, 4.69) is 19.1 Å². The molecule has 3 N–H and O–H groups in total. The van der Waals surface area contributed by atoms with E-state index in [1.807, 2.05) is 0 Å². The number of ether oxygens (including phenoxy) is 4. The molecular weight excluding hydrogens is 581 g/mol. The van der Waals surface area contributed by atoms with E-state index in [0.29, 0.717) is 5.75 Å². The Bertz CT molecular complexity index is 1640. The Balaban J connectivity index is 1.56. The van der Waals surface area contributed by atoms with E-state index >= 15 is 4.39 Å². The highest BCUT2D eigenvalue weighted by molar-refractivity contribution is 7.82. The number of nitrogens with one attached hydrogen (secondary N) is 1. The standard InChI is InChI=1S/C22H23ClFN5O10S/c1-10(30)21(22(23,24)39-40(32,33)38-12-7-5-11(34-4)6-8-12)15-14(35-20(2,3)36-15)18(37-21)29-9-26-13-16(29)27-19(25)28-17(13)31/h5-9,14-15,18H,1-4H3,(H3,25,27,28,31)/t14-,15+,18-,21+,22?/m1/s1. The van der Waals surface area contributed by atoms with Gasteiger partial charge in [-0.05, 0) is 56.6 Å². The van der Waals surface area contributed by atoms with Gasteiger partial charge in [-0.1, -0.05) is 0 Å². The number of carbonyl (C=O) groups is 1. The topological polar surface area (TPSA) is 196 Å². The van der Waals surface area contributed by atoms with Crippen LogP contribution in [0.3, 0.4) is 0 Å². The third-order valence-corrected chi connectivity index (χ3v) is 7.54. The molecule has 18 heteroatoms. The lowest BCUT2D eigenvalue weighted by Gasteiger charge is -2.38. The fourth-order valence-corrected chi connectivity index (χ4v) is 5.94. The van der Waals surface area contributed by atoms with Gasteiger partial charge in [0.2, 0.25) is 11.5 Å². The second kappa shape index (κ2) is 9.35. The minimum atomic E-state index is -5.27. The monoisotopic (exact) mass is 603 g/mol. The zero-order valence-electron chi connectivity index (χ0n) is 21.3. The minimum Gasteiger partial charge on any atom is -0.497 e. The van der Waals surface area contributed by atoms with Crippen LogP contribution in [0.5, 0.6) is 11.5 Å². The first kappa shape index (κ1) is 28.2. The molecule has 0 bridgehead atoms. The van der Waals surface area contributed by atoms with Gasteiger partial charge in [0, 0.05) is 0 Å². The summed E-state index contributed by atoms with van der Waals surface area (Å²) < 4.78 is 75.1. The molecule has 0 aliphatic carbocycles. The number of anilines is 1. The van der Waals surface area contributed by atoms with Crippen molar-refractivity contribution in [1.82, 2.24) is 19.5 Å². The Kier molecular flexibility index (Phi) is 6.59. The van der Waals surface area contributed by atoms with Gasteiger partial charge in [0.1, 0.15) is 23.7 Å². The first-order chi connectivity index (χ1) is 18.6. The van der Waals surface area contributed by atoms with Crippen molar-refractivity contribution >= 4 is 44.9 Å². The van der Waals surface area contributed by atoms with Crippen molar-refractivity contribution in [2.24, 2.45) is 0 Å². The highest BCUT2D eigenvalue weighted by atomic mass is 35.5. The van der Waals surface area contributed by atoms with E-state index in [1.165, 1.54) is 45.2 Å². The molecule has 0 radical (unpaired) electrons. The first-order valence-electron chi connectivity index (χ1n) is 11.5. The third kappa shape index (κ3) is 4.57. The highest BCUT2D eigenvalue weighted by Gasteiger charge is 2.76. The average molecular weight is 604 g/mol. The zero-order valence-corrected chi connectivity index (χ0v) is 22.9. The number of fused-ring (bicyclic) bond motifs is 2. The molecule has 2 saturated heterocycles. The summed E-state index contributed by atoms with van der Waals surface area (Å²) in [7, 11) is -3.87. The van der Waals surface area contributed by atoms with Crippen LogP contribution in [0.4, 0.5) is 10.3 Å². The molecule has 1 aromatic carbocycles. The Morgan fingerprint density at radius 3 is 2.50 bits per heavy atom. The number of hydrogen-bond acceptors (Lipinski definition) is 13. The maximum absolute atomic E-state index is 16.4. The number of ketones is 1. The molecule has 216 valence electrons. The van der Waals surface area contributed by atoms with E-state index in [9.17, 15) is 18.0 Å². The number of Topliss-reactive ketones (excluding diaryl/α,β-unsaturated/α-hetero) is 1. The SMILES string of the molecule is COc1ccc(OS(=O)(=O)OC(F)(Cl)[C@@]2(C(C)=O)O[C@@H](n3cnc4c(=O)[nH]c(N)nc43)[C@@H]3OC(C)(C)O[C@@H]32)cc1. The van der Waals surface area contributed by atoms with Crippen LogP contribution in [0.2, 0.25) is 0 Å². The molecular formula is C22H23ClFN5O10S. The fraction of sp³-hybridized carbons (Fsp3) is 0.455. The molecule has 2 aliphatic rings. The molecule has 2 aromatic heterocycles. The van der Waals surface area contributed by atoms with Crippen LogP contribution < -0.4 is 20.2 Å². The Hall–Kier alpha value is -3.35. The van der Waals surface area contributed by atoms with E-state index < -0.39 is 56.9 Å². The second-order valence-corrected chi connectivity index (χ2v) is 11.0. The molecule has 5 atom stereocenters. The lowest BCUT2D eigenvalue weighted by Crippen LogP contribution is -2.62. The zero-order chi connectivity index (χ0) is 29.3. The highest BCUT2D eigenvalue weighted by Crippen LogP contribution is 2.55. The summed E-state index contributed by atoms with van der Waals surface area (Å²) in [5, 5.41) is -3.94. The maximum atomic E-state index is 16.4. The summed E-state index contributed by atoms with van der Waals surface area (Å²) in [6, 6.07) is 5.20. The van der Waals surface area contributed by atoms with Gasteiger partial charge < -0.3 is 28.9 Å². The number of aromatic nitrogens is 4. The van der Waals surface area contributed by atoms with E-state index in [1.54, 1.807) is 0 Å². The predicted molar refractivity (Wildman–Crippen MR) is 133 cm³/mol. The van der Waals surface area contributed by atoms with Crippen molar-refractivity contribution in [3.63, 3.8) is 0 Å². The number of methoxy groups -OCH3 is 1. The van der Waals surface area contributed by atoms with Crippen LogP contribution in [0, 0.1) is 0 Å². The largest absolute Gasteiger partial charge is 0.497 e. The van der Waals surface area contributed by atoms with E-state index in [-0.39, 0.29) is 22.9 Å². The molecule has 1 unspecified atom stereocenters. The van der Waals surface area contributed by atoms with Crippen LogP contribution in [0.1, 0.15) is 27.0 Å². The van der Waals surface area contributed by atoms with Crippen molar-refractivity contribution in [2.45, 2.75) is 55.9 Å². The van der Waals surface area contributed by atoms with Gasteiger partial charge in [-0.25, -0.2) is 4.98 Å². The number of nitrogens with zero attached hydrogens (tertiary/aromatic N) is 3. The molecule has 0 saturated carbocycles. The second-order valence-electron chi connectivity index (χ2n) is 9.36. The summed E-state index contributed by atoms with van der Waals surface area (Å²) in [5.74, 6) is -2.69. The quantitative estimate of drug-likeness (QED) is 0.350. The molecule has 2 fully saturated rings. The van der Waals surface area contributed by atoms with Crippen LogP contribution in [0.25, 0.3) is 11.2 Å². The van der Waals surface area contributed by atoms with Gasteiger partial charge in [-0.3, -0.25) is 19.1 Å². The molecule has 4 heterocycles. The smallest absolute Gasteiger partial charge is 0.453 e. The van der Waals surface area contributed by atoms with E-state index in [0.717, 1.165) is 17.8 Å². The lowest BCUT2D eigenvalue weighted by molar-refractivity contribution is -0.254. The van der Waals surface area contributed by atoms with E-state index in [4.69, 9.17) is 40.5 Å². The third-order valence-electron chi connectivity index (χ3n) is 6.26. The number of nitrogen functional groups attached to an aromatic ring is 1. The number of hydrogen-bond donors (Lipinski definition) is 2. The number of rotatable bonds is 8. The summed E-state index contributed by atoms with van der Waals surface area (Å²) in [4.78, 5) is 35.8. The van der Waals surface area contributed by atoms with Crippen LogP contribution >= 0.6 is 11.6 Å². The molecule has 0 amide bonds. The molecule has 2 aliphatic heterocycles. The van der Waals surface area contributed by atoms with Gasteiger partial charge in [-0.15, -0.1) is 0 Å². The fourth-order valence-electron chi connectivity index (χ4n) is 4.66. The van der Waals surface area contributed by atoms with Gasteiger partial charge in [0.25, 0.3) is 5.56 Å². The number of imidazole rings is 1. The van der Waals surface area contributed by atoms with Gasteiger partial charge in [0.15, 0.2) is 29.0 Å². The first-order valence-corrected chi connectivity index (χ1v) is 13.2. The van der Waals surface area contributed by atoms with Crippen molar-refractivity contribution in [3.05, 3.63) is 40.9 Å². The lowest BCUT2D eigenvalue weighted by atomic mass is 9.90. The normalized spacial score (nSPS) is 27.3. The van der Waals surface area contributed by atoms with Crippen molar-refractivity contribution in [1.29, 1.82) is 0 Å². The Morgan fingerprint density at radius 1 is 1.23 bits per heavy atom. The molecule has 3 aromatic rings. The number of aromatic amines is 1. The molecule has 5 rings (SSSR count). The van der Waals surface area contributed by atoms with Crippen LogP contribution in [-0.2, 0) is 33.6 Å².